The molecule has 6 heteroatoms. The van der Waals surface area contributed by atoms with E-state index in [1.54, 1.807) is 0 Å². The summed E-state index contributed by atoms with van der Waals surface area (Å²) in [6.45, 7) is 8.57. The molecule has 2 heterocycles. The molecule has 2 aromatic heterocycles. The molecule has 5 nitrogen and oxygen atoms in total. The second-order valence-corrected chi connectivity index (χ2v) is 8.26. The number of aryl methyl sites for hydroxylation is 1. The third-order valence-corrected chi connectivity index (χ3v) is 5.35. The molecule has 0 bridgehead atoms. The van der Waals surface area contributed by atoms with Gasteiger partial charge in [-0.25, -0.2) is 14.6 Å². The van der Waals surface area contributed by atoms with Gasteiger partial charge in [0.15, 0.2) is 5.65 Å². The number of thiocarbonyl (C=S) groups is 1. The highest BCUT2D eigenvalue weighted by Gasteiger charge is 2.27. The Morgan fingerprint density at radius 3 is 2.52 bits per heavy atom. The van der Waals surface area contributed by atoms with Gasteiger partial charge in [0, 0.05) is 5.56 Å². The van der Waals surface area contributed by atoms with Gasteiger partial charge >= 0.3 is 0 Å². The largest absolute Gasteiger partial charge is 0.383 e. The van der Waals surface area contributed by atoms with E-state index in [0.717, 1.165) is 52.8 Å². The summed E-state index contributed by atoms with van der Waals surface area (Å²) in [5.41, 5.74) is 9.80. The highest BCUT2D eigenvalue weighted by Crippen LogP contribution is 2.34. The lowest BCUT2D eigenvalue weighted by atomic mass is 9.96. The van der Waals surface area contributed by atoms with Crippen LogP contribution in [0.5, 0.6) is 0 Å². The first kappa shape index (κ1) is 19.4. The Hall–Kier alpha value is -2.34. The van der Waals surface area contributed by atoms with Gasteiger partial charge < -0.3 is 5.73 Å². The zero-order valence-corrected chi connectivity index (χ0v) is 17.3. The van der Waals surface area contributed by atoms with Crippen LogP contribution in [0, 0.1) is 6.92 Å². The maximum Gasteiger partial charge on any atom is 0.164 e. The predicted molar refractivity (Wildman–Crippen MR) is 116 cm³/mol. The molecule has 3 rings (SSSR count). The van der Waals surface area contributed by atoms with Gasteiger partial charge in [-0.2, -0.15) is 5.10 Å². The van der Waals surface area contributed by atoms with Crippen molar-refractivity contribution in [3.63, 3.8) is 0 Å². The Balaban J connectivity index is 2.07. The predicted octanol–water partition coefficient (Wildman–Crippen LogP) is 5.07. The van der Waals surface area contributed by atoms with Gasteiger partial charge in [-0.05, 0) is 44.9 Å². The molecule has 27 heavy (non-hydrogen) atoms. The maximum absolute atomic E-state index is 6.22. The van der Waals surface area contributed by atoms with Gasteiger partial charge in [0.2, 0.25) is 0 Å². The maximum atomic E-state index is 6.22. The van der Waals surface area contributed by atoms with Crippen molar-refractivity contribution in [3.05, 3.63) is 36.2 Å². The Morgan fingerprint density at radius 2 is 1.85 bits per heavy atom. The van der Waals surface area contributed by atoms with E-state index in [0.29, 0.717) is 5.82 Å². The first-order valence-corrected chi connectivity index (χ1v) is 9.82. The average molecular weight is 382 g/mol. The molecular formula is C21H27N5S. The first-order valence-electron chi connectivity index (χ1n) is 9.42. The molecule has 1 aromatic carbocycles. The number of nitrogens with zero attached hydrogens (tertiary/aromatic N) is 4. The van der Waals surface area contributed by atoms with Gasteiger partial charge in [-0.15, -0.1) is 0 Å². The number of benzene rings is 1. The molecule has 0 spiro atoms. The van der Waals surface area contributed by atoms with E-state index in [1.807, 2.05) is 4.68 Å². The molecule has 0 atom stereocenters. The SMILES string of the molecule is CCCC(=S)CCC(C)(C)n1nc(-c2ccc(C)cc2)c2c(N)ncnc21. The van der Waals surface area contributed by atoms with Crippen LogP contribution in [-0.4, -0.2) is 24.6 Å². The highest BCUT2D eigenvalue weighted by atomic mass is 32.1. The highest BCUT2D eigenvalue weighted by molar-refractivity contribution is 7.80. The topological polar surface area (TPSA) is 69.6 Å². The smallest absolute Gasteiger partial charge is 0.164 e. The van der Waals surface area contributed by atoms with Crippen molar-refractivity contribution < 1.29 is 0 Å². The number of aromatic nitrogens is 4. The summed E-state index contributed by atoms with van der Waals surface area (Å²) in [5.74, 6) is 0.458. The van der Waals surface area contributed by atoms with Crippen LogP contribution in [0.25, 0.3) is 22.3 Å². The van der Waals surface area contributed by atoms with Crippen molar-refractivity contribution >= 4 is 33.9 Å². The quantitative estimate of drug-likeness (QED) is 0.579. The number of nitrogens with two attached hydrogens (primary N) is 1. The average Bonchev–Trinajstić information content (AvgIpc) is 3.03. The fourth-order valence-electron chi connectivity index (χ4n) is 3.27. The van der Waals surface area contributed by atoms with E-state index in [4.69, 9.17) is 23.1 Å². The van der Waals surface area contributed by atoms with Crippen LogP contribution in [0.15, 0.2) is 30.6 Å². The lowest BCUT2D eigenvalue weighted by molar-refractivity contribution is 0.310. The van der Waals surface area contributed by atoms with Gasteiger partial charge in [0.1, 0.15) is 17.8 Å². The molecule has 3 aromatic rings. The number of hydrogen-bond donors (Lipinski definition) is 1. The molecule has 0 aliphatic carbocycles. The summed E-state index contributed by atoms with van der Waals surface area (Å²) >= 11 is 5.51. The molecular weight excluding hydrogens is 354 g/mol. The molecule has 0 saturated carbocycles. The molecule has 0 amide bonds. The Bertz CT molecular complexity index is 957. The van der Waals surface area contributed by atoms with Gasteiger partial charge in [0.05, 0.1) is 10.9 Å². The van der Waals surface area contributed by atoms with E-state index >= 15 is 0 Å². The second kappa shape index (κ2) is 7.72. The molecule has 0 aliphatic heterocycles. The third kappa shape index (κ3) is 4.00. The zero-order valence-electron chi connectivity index (χ0n) is 16.5. The van der Waals surface area contributed by atoms with E-state index < -0.39 is 0 Å². The molecule has 0 unspecified atom stereocenters. The third-order valence-electron chi connectivity index (χ3n) is 4.94. The summed E-state index contributed by atoms with van der Waals surface area (Å²) in [6.07, 6.45) is 5.39. The van der Waals surface area contributed by atoms with Crippen LogP contribution in [0.3, 0.4) is 0 Å². The molecule has 0 fully saturated rings. The summed E-state index contributed by atoms with van der Waals surface area (Å²) < 4.78 is 1.99. The molecule has 2 N–H and O–H groups in total. The van der Waals surface area contributed by atoms with Crippen LogP contribution in [0.4, 0.5) is 5.82 Å². The monoisotopic (exact) mass is 381 g/mol. The van der Waals surface area contributed by atoms with Crippen LogP contribution in [-0.2, 0) is 5.54 Å². The Morgan fingerprint density at radius 1 is 1.15 bits per heavy atom. The standard InChI is InChI=1S/C21H27N5S/c1-5-6-16(27)11-12-21(3,4)26-20-17(19(22)23-13-24-20)18(25-26)15-9-7-14(2)8-10-15/h7-10,13H,5-6,11-12H2,1-4H3,(H2,22,23,24). The number of hydrogen-bond acceptors (Lipinski definition) is 5. The Kier molecular flexibility index (Phi) is 5.56. The Labute approximate surface area is 166 Å². The van der Waals surface area contributed by atoms with Crippen molar-refractivity contribution in [1.29, 1.82) is 0 Å². The lowest BCUT2D eigenvalue weighted by Gasteiger charge is -2.26. The van der Waals surface area contributed by atoms with Gasteiger partial charge in [0.25, 0.3) is 0 Å². The second-order valence-electron chi connectivity index (χ2n) is 7.69. The van der Waals surface area contributed by atoms with Crippen LogP contribution < -0.4 is 5.73 Å². The normalized spacial score (nSPS) is 11.9. The molecule has 142 valence electrons. The van der Waals surface area contributed by atoms with E-state index in [-0.39, 0.29) is 5.54 Å². The minimum Gasteiger partial charge on any atom is -0.383 e. The number of fused-ring (bicyclic) bond motifs is 1. The minimum atomic E-state index is -0.236. The lowest BCUT2D eigenvalue weighted by Crippen LogP contribution is -2.28. The zero-order chi connectivity index (χ0) is 19.6. The summed E-state index contributed by atoms with van der Waals surface area (Å²) in [7, 11) is 0. The van der Waals surface area contributed by atoms with E-state index in [2.05, 4.69) is 61.9 Å². The van der Waals surface area contributed by atoms with Gasteiger partial charge in [-0.1, -0.05) is 55.4 Å². The van der Waals surface area contributed by atoms with Crippen LogP contribution >= 0.6 is 12.2 Å². The van der Waals surface area contributed by atoms with E-state index in [1.165, 1.54) is 11.9 Å². The summed E-state index contributed by atoms with van der Waals surface area (Å²) in [6, 6.07) is 8.29. The van der Waals surface area contributed by atoms with Crippen molar-refractivity contribution in [2.24, 2.45) is 0 Å². The summed E-state index contributed by atoms with van der Waals surface area (Å²) in [4.78, 5) is 9.83. The molecule has 0 aliphatic rings. The minimum absolute atomic E-state index is 0.236. The fourth-order valence-corrected chi connectivity index (χ4v) is 3.57. The number of nitrogen functional groups attached to an aromatic ring is 1. The van der Waals surface area contributed by atoms with Crippen LogP contribution in [0.2, 0.25) is 0 Å². The van der Waals surface area contributed by atoms with Crippen molar-refractivity contribution in [2.45, 2.75) is 58.9 Å². The first-order chi connectivity index (χ1) is 12.8. The van der Waals surface area contributed by atoms with Gasteiger partial charge in [-0.3, -0.25) is 0 Å². The number of anilines is 1. The molecule has 0 radical (unpaired) electrons. The molecule has 0 saturated heterocycles. The fraction of sp³-hybridized carbons (Fsp3) is 0.429. The van der Waals surface area contributed by atoms with E-state index in [9.17, 15) is 0 Å². The number of rotatable bonds is 7. The van der Waals surface area contributed by atoms with Crippen molar-refractivity contribution in [3.8, 4) is 11.3 Å². The summed E-state index contributed by atoms with van der Waals surface area (Å²) in [5, 5.41) is 5.75. The van der Waals surface area contributed by atoms with Crippen molar-refractivity contribution in [1.82, 2.24) is 19.7 Å². The van der Waals surface area contributed by atoms with Crippen LogP contribution in [0.1, 0.15) is 52.0 Å². The van der Waals surface area contributed by atoms with Crippen molar-refractivity contribution in [2.75, 3.05) is 5.73 Å².